The number of thioether (sulfide) groups is 1. The minimum Gasteiger partial charge on any atom is -0.486 e. The highest BCUT2D eigenvalue weighted by Gasteiger charge is 2.33. The zero-order valence-corrected chi connectivity index (χ0v) is 15.5. The maximum Gasteiger partial charge on any atom is 0.335 e. The Balaban J connectivity index is 1.64. The molecule has 4 rings (SSSR count). The number of fused-ring (bicyclic) bond motifs is 1. The molecule has 0 aromatic heterocycles. The van der Waals surface area contributed by atoms with E-state index in [9.17, 15) is 9.59 Å². The lowest BCUT2D eigenvalue weighted by atomic mass is 10.1. The largest absolute Gasteiger partial charge is 0.486 e. The van der Waals surface area contributed by atoms with Gasteiger partial charge in [0.1, 0.15) is 13.2 Å². The van der Waals surface area contributed by atoms with Gasteiger partial charge in [0.05, 0.1) is 16.2 Å². The number of carbonyl (C=O) groups is 2. The summed E-state index contributed by atoms with van der Waals surface area (Å²) in [6.07, 6.45) is 1.73. The van der Waals surface area contributed by atoms with Crippen LogP contribution in [0, 0.1) is 0 Å². The van der Waals surface area contributed by atoms with Crippen LogP contribution in [0.15, 0.2) is 47.4 Å². The molecule has 2 aromatic rings. The van der Waals surface area contributed by atoms with E-state index in [4.69, 9.17) is 26.8 Å². The lowest BCUT2D eigenvalue weighted by molar-refractivity contribution is -0.113. The number of nitrogens with zero attached hydrogens (tertiary/aromatic N) is 1. The van der Waals surface area contributed by atoms with Crippen molar-refractivity contribution in [2.75, 3.05) is 18.1 Å². The van der Waals surface area contributed by atoms with E-state index >= 15 is 0 Å². The Morgan fingerprint density at radius 2 is 1.93 bits per heavy atom. The Kier molecular flexibility index (Phi) is 4.59. The Bertz CT molecular complexity index is 1000. The Labute approximate surface area is 164 Å². The smallest absolute Gasteiger partial charge is 0.335 e. The summed E-state index contributed by atoms with van der Waals surface area (Å²) in [5, 5.41) is 9.15. The van der Waals surface area contributed by atoms with Crippen molar-refractivity contribution >= 4 is 51.9 Å². The number of benzene rings is 2. The molecule has 2 aliphatic heterocycles. The van der Waals surface area contributed by atoms with Crippen molar-refractivity contribution in [1.82, 2.24) is 0 Å². The van der Waals surface area contributed by atoms with Crippen LogP contribution in [0.25, 0.3) is 6.08 Å². The van der Waals surface area contributed by atoms with E-state index in [1.165, 1.54) is 28.8 Å². The molecule has 0 bridgehead atoms. The van der Waals surface area contributed by atoms with E-state index in [2.05, 4.69) is 0 Å². The van der Waals surface area contributed by atoms with Gasteiger partial charge >= 0.3 is 5.97 Å². The highest BCUT2D eigenvalue weighted by molar-refractivity contribution is 8.27. The van der Waals surface area contributed by atoms with Gasteiger partial charge in [0, 0.05) is 0 Å². The minimum atomic E-state index is -1.06. The summed E-state index contributed by atoms with van der Waals surface area (Å²) >= 11 is 6.51. The topological polar surface area (TPSA) is 76.1 Å². The number of carboxylic acid groups (broad SMARTS) is 1. The summed E-state index contributed by atoms with van der Waals surface area (Å²) in [5.74, 6) is -0.0346. The number of hydrogen-bond acceptors (Lipinski definition) is 6. The molecule has 1 N–H and O–H groups in total. The molecule has 1 fully saturated rings. The van der Waals surface area contributed by atoms with Gasteiger partial charge in [-0.1, -0.05) is 36.1 Å². The summed E-state index contributed by atoms with van der Waals surface area (Å²) < 4.78 is 11.4. The molecule has 1 amide bonds. The van der Waals surface area contributed by atoms with Gasteiger partial charge in [0.2, 0.25) is 0 Å². The number of carbonyl (C=O) groups excluding carboxylic acids is 1. The average molecular weight is 399 g/mol. The normalized spacial score (nSPS) is 17.5. The fraction of sp³-hybridized carbons (Fsp3) is 0.105. The first kappa shape index (κ1) is 17.6. The van der Waals surface area contributed by atoms with Crippen LogP contribution in [-0.4, -0.2) is 34.5 Å². The molecule has 1 saturated heterocycles. The predicted octanol–water partition coefficient (Wildman–Crippen LogP) is 3.56. The summed E-state index contributed by atoms with van der Waals surface area (Å²) in [6, 6.07) is 11.6. The maximum atomic E-state index is 12.8. The van der Waals surface area contributed by atoms with Crippen molar-refractivity contribution < 1.29 is 24.2 Å². The molecule has 0 saturated carbocycles. The van der Waals surface area contributed by atoms with Crippen LogP contribution in [0.4, 0.5) is 5.69 Å². The lowest BCUT2D eigenvalue weighted by Crippen LogP contribution is -2.27. The zero-order chi connectivity index (χ0) is 19.0. The molecule has 2 heterocycles. The van der Waals surface area contributed by atoms with Crippen molar-refractivity contribution in [2.24, 2.45) is 0 Å². The van der Waals surface area contributed by atoms with Gasteiger partial charge < -0.3 is 14.6 Å². The second-order valence-electron chi connectivity index (χ2n) is 5.78. The SMILES string of the molecule is O=C(O)c1cccc(N2C(=O)C(=Cc3ccc4c(c3)OCCO4)SC2=S)c1. The van der Waals surface area contributed by atoms with Gasteiger partial charge in [0.15, 0.2) is 15.8 Å². The van der Waals surface area contributed by atoms with Crippen LogP contribution in [0.3, 0.4) is 0 Å². The number of ether oxygens (including phenoxy) is 2. The van der Waals surface area contributed by atoms with Crippen molar-refractivity contribution in [2.45, 2.75) is 0 Å². The van der Waals surface area contributed by atoms with Gasteiger partial charge in [-0.15, -0.1) is 0 Å². The van der Waals surface area contributed by atoms with E-state index < -0.39 is 5.97 Å². The molecular weight excluding hydrogens is 386 g/mol. The predicted molar refractivity (Wildman–Crippen MR) is 106 cm³/mol. The Hall–Kier alpha value is -2.84. The average Bonchev–Trinajstić information content (AvgIpc) is 2.95. The summed E-state index contributed by atoms with van der Waals surface area (Å²) in [6.45, 7) is 0.999. The van der Waals surface area contributed by atoms with Gasteiger partial charge in [-0.05, 0) is 42.0 Å². The molecule has 6 nitrogen and oxygen atoms in total. The van der Waals surface area contributed by atoms with Gasteiger partial charge in [0.25, 0.3) is 5.91 Å². The third-order valence-corrected chi connectivity index (χ3v) is 5.31. The van der Waals surface area contributed by atoms with Crippen molar-refractivity contribution in [1.29, 1.82) is 0 Å². The highest BCUT2D eigenvalue weighted by Crippen LogP contribution is 2.37. The van der Waals surface area contributed by atoms with Crippen LogP contribution in [0.1, 0.15) is 15.9 Å². The van der Waals surface area contributed by atoms with Crippen molar-refractivity contribution in [3.05, 3.63) is 58.5 Å². The quantitative estimate of drug-likeness (QED) is 0.625. The molecule has 27 heavy (non-hydrogen) atoms. The van der Waals surface area contributed by atoms with Crippen LogP contribution >= 0.6 is 24.0 Å². The molecule has 0 unspecified atom stereocenters. The number of anilines is 1. The number of thiocarbonyl (C=S) groups is 1. The molecule has 2 aromatic carbocycles. The molecule has 0 atom stereocenters. The number of rotatable bonds is 3. The number of amides is 1. The van der Waals surface area contributed by atoms with Gasteiger partial charge in [-0.2, -0.15) is 0 Å². The van der Waals surface area contributed by atoms with Crippen molar-refractivity contribution in [3.63, 3.8) is 0 Å². The number of aromatic carboxylic acids is 1. The summed E-state index contributed by atoms with van der Waals surface area (Å²) in [5.41, 5.74) is 1.32. The van der Waals surface area contributed by atoms with E-state index in [0.29, 0.717) is 39.6 Å². The third-order valence-electron chi connectivity index (χ3n) is 4.01. The molecule has 0 aliphatic carbocycles. The molecule has 0 radical (unpaired) electrons. The second kappa shape index (κ2) is 7.05. The van der Waals surface area contributed by atoms with Crippen molar-refractivity contribution in [3.8, 4) is 11.5 Å². The lowest BCUT2D eigenvalue weighted by Gasteiger charge is -2.18. The standard InChI is InChI=1S/C19H13NO5S2/c21-17-16(9-11-4-5-14-15(8-11)25-7-6-24-14)27-19(26)20(17)13-3-1-2-12(10-13)18(22)23/h1-5,8-10H,6-7H2,(H,22,23). The van der Waals surface area contributed by atoms with E-state index in [0.717, 1.165) is 5.56 Å². The summed E-state index contributed by atoms with van der Waals surface area (Å²) in [7, 11) is 0. The molecule has 8 heteroatoms. The molecule has 2 aliphatic rings. The summed E-state index contributed by atoms with van der Waals surface area (Å²) in [4.78, 5) is 25.8. The van der Waals surface area contributed by atoms with Gasteiger partial charge in [-0.3, -0.25) is 9.69 Å². The number of hydrogen-bond donors (Lipinski definition) is 1. The molecule has 136 valence electrons. The van der Waals surface area contributed by atoms with Gasteiger partial charge in [-0.25, -0.2) is 4.79 Å². The number of carboxylic acids is 1. The first-order chi connectivity index (χ1) is 13.0. The Morgan fingerprint density at radius 3 is 2.70 bits per heavy atom. The fourth-order valence-corrected chi connectivity index (χ4v) is 4.07. The fourth-order valence-electron chi connectivity index (χ4n) is 2.77. The maximum absolute atomic E-state index is 12.8. The second-order valence-corrected chi connectivity index (χ2v) is 7.45. The minimum absolute atomic E-state index is 0.0948. The van der Waals surface area contributed by atoms with E-state index in [1.807, 2.05) is 12.1 Å². The monoisotopic (exact) mass is 399 g/mol. The zero-order valence-electron chi connectivity index (χ0n) is 13.9. The van der Waals surface area contributed by atoms with E-state index in [-0.39, 0.29) is 11.5 Å². The Morgan fingerprint density at radius 1 is 1.15 bits per heavy atom. The van der Waals surface area contributed by atoms with E-state index in [1.54, 1.807) is 24.3 Å². The van der Waals surface area contributed by atoms with Crippen LogP contribution < -0.4 is 14.4 Å². The first-order valence-corrected chi connectivity index (χ1v) is 9.26. The van der Waals surface area contributed by atoms with Crippen LogP contribution in [-0.2, 0) is 4.79 Å². The third kappa shape index (κ3) is 3.41. The first-order valence-electron chi connectivity index (χ1n) is 8.04. The molecule has 0 spiro atoms. The molecular formula is C19H13NO5S2. The van der Waals surface area contributed by atoms with Crippen LogP contribution in [0.5, 0.6) is 11.5 Å². The highest BCUT2D eigenvalue weighted by atomic mass is 32.2. The van der Waals surface area contributed by atoms with Crippen LogP contribution in [0.2, 0.25) is 0 Å².